The Morgan fingerprint density at radius 3 is 2.95 bits per heavy atom. The van der Waals surface area contributed by atoms with Gasteiger partial charge in [-0.1, -0.05) is 11.6 Å². The van der Waals surface area contributed by atoms with Gasteiger partial charge < -0.3 is 10.4 Å². The molecule has 0 aromatic carbocycles. The summed E-state index contributed by atoms with van der Waals surface area (Å²) >= 11 is 7.79. The topological polar surface area (TPSA) is 67.2 Å². The van der Waals surface area contributed by atoms with Gasteiger partial charge >= 0.3 is 0 Å². The number of aromatic nitrogens is 2. The number of carbonyl (C=O) groups is 1. The molecule has 0 saturated carbocycles. The van der Waals surface area contributed by atoms with Crippen LogP contribution in [0.2, 0.25) is 5.15 Å². The van der Waals surface area contributed by atoms with E-state index in [-0.39, 0.29) is 12.3 Å². The zero-order valence-electron chi connectivity index (χ0n) is 11.1. The first-order valence-electron chi connectivity index (χ1n) is 6.16. The lowest BCUT2D eigenvalue weighted by atomic mass is 10.0. The maximum atomic E-state index is 11.9. The maximum Gasteiger partial charge on any atom is 0.224 e. The van der Waals surface area contributed by atoms with Crippen LogP contribution < -0.4 is 5.32 Å². The number of rotatable bonds is 4. The first-order valence-corrected chi connectivity index (χ1v) is 7.69. The zero-order valence-corrected chi connectivity index (χ0v) is 12.6. The summed E-state index contributed by atoms with van der Waals surface area (Å²) in [6, 6.07) is 0. The van der Waals surface area contributed by atoms with Crippen molar-refractivity contribution in [2.24, 2.45) is 7.05 Å². The van der Waals surface area contributed by atoms with E-state index in [0.717, 1.165) is 23.4 Å². The van der Waals surface area contributed by atoms with E-state index in [2.05, 4.69) is 10.4 Å². The van der Waals surface area contributed by atoms with Gasteiger partial charge in [0.2, 0.25) is 5.91 Å². The SMILES string of the molecule is Cc1nn(C)c(Cl)c1CC(=O)NCC1(O)CCSC1. The molecule has 0 aliphatic carbocycles. The average Bonchev–Trinajstić information content (AvgIpc) is 2.88. The molecule has 7 heteroatoms. The number of hydrogen-bond acceptors (Lipinski definition) is 4. The third kappa shape index (κ3) is 3.43. The second-order valence-corrected chi connectivity index (χ2v) is 6.42. The molecule has 1 aromatic heterocycles. The molecule has 2 rings (SSSR count). The van der Waals surface area contributed by atoms with Crippen LogP contribution in [-0.2, 0) is 18.3 Å². The number of amides is 1. The van der Waals surface area contributed by atoms with Crippen LogP contribution >= 0.6 is 23.4 Å². The first-order chi connectivity index (χ1) is 8.91. The maximum absolute atomic E-state index is 11.9. The summed E-state index contributed by atoms with van der Waals surface area (Å²) in [5.41, 5.74) is 0.751. The highest BCUT2D eigenvalue weighted by Crippen LogP contribution is 2.27. The normalized spacial score (nSPS) is 22.7. The van der Waals surface area contributed by atoms with Crippen molar-refractivity contribution in [1.29, 1.82) is 0 Å². The van der Waals surface area contributed by atoms with E-state index in [0.29, 0.717) is 17.5 Å². The van der Waals surface area contributed by atoms with E-state index < -0.39 is 5.60 Å². The number of nitrogens with zero attached hydrogens (tertiary/aromatic N) is 2. The van der Waals surface area contributed by atoms with E-state index in [9.17, 15) is 9.90 Å². The molecule has 1 aliphatic rings. The molecule has 0 spiro atoms. The Labute approximate surface area is 121 Å². The summed E-state index contributed by atoms with van der Waals surface area (Å²) in [6.07, 6.45) is 0.923. The van der Waals surface area contributed by atoms with Gasteiger partial charge in [0.05, 0.1) is 17.7 Å². The van der Waals surface area contributed by atoms with Gasteiger partial charge in [-0.25, -0.2) is 0 Å². The minimum atomic E-state index is -0.756. The smallest absolute Gasteiger partial charge is 0.224 e. The Kier molecular flexibility index (Phi) is 4.43. The Morgan fingerprint density at radius 1 is 1.68 bits per heavy atom. The van der Waals surface area contributed by atoms with Gasteiger partial charge in [-0.3, -0.25) is 9.48 Å². The lowest BCUT2D eigenvalue weighted by Crippen LogP contribution is -2.43. The van der Waals surface area contributed by atoms with Gasteiger partial charge in [-0.2, -0.15) is 16.9 Å². The van der Waals surface area contributed by atoms with Crippen molar-refractivity contribution in [3.05, 3.63) is 16.4 Å². The third-order valence-electron chi connectivity index (χ3n) is 3.30. The van der Waals surface area contributed by atoms with Crippen LogP contribution in [0.3, 0.4) is 0 Å². The molecule has 1 saturated heterocycles. The minimum absolute atomic E-state index is 0.136. The Bertz CT molecular complexity index is 484. The summed E-state index contributed by atoms with van der Waals surface area (Å²) < 4.78 is 1.56. The predicted molar refractivity (Wildman–Crippen MR) is 76.6 cm³/mol. The highest BCUT2D eigenvalue weighted by molar-refractivity contribution is 7.99. The largest absolute Gasteiger partial charge is 0.387 e. The van der Waals surface area contributed by atoms with Gasteiger partial charge in [0.15, 0.2) is 0 Å². The first kappa shape index (κ1) is 14.7. The van der Waals surface area contributed by atoms with Crippen LogP contribution in [0.25, 0.3) is 0 Å². The minimum Gasteiger partial charge on any atom is -0.387 e. The van der Waals surface area contributed by atoms with Crippen molar-refractivity contribution in [3.63, 3.8) is 0 Å². The molecule has 0 bridgehead atoms. The fraction of sp³-hybridized carbons (Fsp3) is 0.667. The summed E-state index contributed by atoms with van der Waals surface area (Å²) in [5.74, 6) is 1.49. The number of aliphatic hydroxyl groups is 1. The van der Waals surface area contributed by atoms with Crippen molar-refractivity contribution < 1.29 is 9.90 Å². The quantitative estimate of drug-likeness (QED) is 0.867. The highest BCUT2D eigenvalue weighted by atomic mass is 35.5. The van der Waals surface area contributed by atoms with Gasteiger partial charge in [0.1, 0.15) is 5.15 Å². The summed E-state index contributed by atoms with van der Waals surface area (Å²) in [4.78, 5) is 11.9. The summed E-state index contributed by atoms with van der Waals surface area (Å²) in [6.45, 7) is 2.13. The number of hydrogen-bond donors (Lipinski definition) is 2. The van der Waals surface area contributed by atoms with Crippen LogP contribution in [0.1, 0.15) is 17.7 Å². The van der Waals surface area contributed by atoms with Crippen LogP contribution in [-0.4, -0.2) is 44.4 Å². The molecule has 2 N–H and O–H groups in total. The molecule has 106 valence electrons. The summed E-state index contributed by atoms with van der Waals surface area (Å²) in [5, 5.41) is 17.6. The molecule has 0 radical (unpaired) electrons. The Hall–Kier alpha value is -0.720. The molecule has 1 unspecified atom stereocenters. The van der Waals surface area contributed by atoms with E-state index in [1.807, 2.05) is 6.92 Å². The van der Waals surface area contributed by atoms with E-state index in [1.54, 1.807) is 23.5 Å². The van der Waals surface area contributed by atoms with Gasteiger partial charge in [0.25, 0.3) is 0 Å². The molecule has 1 fully saturated rings. The Morgan fingerprint density at radius 2 is 2.42 bits per heavy atom. The van der Waals surface area contributed by atoms with Crippen molar-refractivity contribution in [1.82, 2.24) is 15.1 Å². The molecule has 1 aliphatic heterocycles. The molecule has 1 amide bonds. The standard InChI is InChI=1S/C12H18ClN3O2S/c1-8-9(11(13)16(2)15-8)5-10(17)14-6-12(18)3-4-19-7-12/h18H,3-7H2,1-2H3,(H,14,17). The molecule has 5 nitrogen and oxygen atoms in total. The van der Waals surface area contributed by atoms with Crippen LogP contribution in [0, 0.1) is 6.92 Å². The monoisotopic (exact) mass is 303 g/mol. The molecular weight excluding hydrogens is 286 g/mol. The fourth-order valence-corrected chi connectivity index (χ4v) is 3.63. The van der Waals surface area contributed by atoms with Crippen molar-refractivity contribution in [3.8, 4) is 0 Å². The van der Waals surface area contributed by atoms with Crippen molar-refractivity contribution in [2.75, 3.05) is 18.1 Å². The number of carbonyl (C=O) groups excluding carboxylic acids is 1. The molecular formula is C12H18ClN3O2S. The van der Waals surface area contributed by atoms with E-state index >= 15 is 0 Å². The van der Waals surface area contributed by atoms with Crippen LogP contribution in [0.5, 0.6) is 0 Å². The predicted octanol–water partition coefficient (Wildman–Crippen LogP) is 0.909. The highest BCUT2D eigenvalue weighted by Gasteiger charge is 2.32. The van der Waals surface area contributed by atoms with Crippen molar-refractivity contribution in [2.45, 2.75) is 25.4 Å². The number of halogens is 1. The zero-order chi connectivity index (χ0) is 14.0. The van der Waals surface area contributed by atoms with E-state index in [4.69, 9.17) is 11.6 Å². The lowest BCUT2D eigenvalue weighted by molar-refractivity contribution is -0.121. The van der Waals surface area contributed by atoms with Crippen molar-refractivity contribution >= 4 is 29.3 Å². The fourth-order valence-electron chi connectivity index (χ4n) is 2.10. The Balaban J connectivity index is 1.91. The van der Waals surface area contributed by atoms with E-state index in [1.165, 1.54) is 0 Å². The average molecular weight is 304 g/mol. The number of nitrogens with one attached hydrogen (secondary N) is 1. The second kappa shape index (κ2) is 5.73. The molecule has 19 heavy (non-hydrogen) atoms. The van der Waals surface area contributed by atoms with Crippen LogP contribution in [0.4, 0.5) is 0 Å². The van der Waals surface area contributed by atoms with Crippen LogP contribution in [0.15, 0.2) is 0 Å². The van der Waals surface area contributed by atoms with Gasteiger partial charge in [-0.05, 0) is 19.1 Å². The summed E-state index contributed by atoms with van der Waals surface area (Å²) in [7, 11) is 1.75. The molecule has 1 aromatic rings. The number of aryl methyl sites for hydroxylation is 2. The molecule has 2 heterocycles. The third-order valence-corrected chi connectivity index (χ3v) is 5.01. The number of thioether (sulfide) groups is 1. The van der Waals surface area contributed by atoms with Gasteiger partial charge in [-0.15, -0.1) is 0 Å². The second-order valence-electron chi connectivity index (χ2n) is 4.96. The van der Waals surface area contributed by atoms with Gasteiger partial charge in [0, 0.05) is 24.9 Å². The lowest BCUT2D eigenvalue weighted by Gasteiger charge is -2.21. The molecule has 1 atom stereocenters.